The number of aromatic hydroxyl groups is 2. The summed E-state index contributed by atoms with van der Waals surface area (Å²) in [4.78, 5) is 11.0. The molecule has 5 heteroatoms. The van der Waals surface area contributed by atoms with Gasteiger partial charge in [0, 0.05) is 0 Å². The number of carbonyl (C=O) groups is 1. The van der Waals surface area contributed by atoms with Gasteiger partial charge in [0.2, 0.25) is 0 Å². The third kappa shape index (κ3) is 1.92. The maximum atomic E-state index is 11.0. The monoisotopic (exact) mass is 246 g/mol. The van der Waals surface area contributed by atoms with Gasteiger partial charge in [-0.25, -0.2) is 4.79 Å². The number of halogens is 1. The second kappa shape index (κ2) is 3.66. The summed E-state index contributed by atoms with van der Waals surface area (Å²) in [6, 6.07) is 2.49. The summed E-state index contributed by atoms with van der Waals surface area (Å²) in [7, 11) is 1.24. The van der Waals surface area contributed by atoms with Gasteiger partial charge >= 0.3 is 5.97 Å². The van der Waals surface area contributed by atoms with Crippen molar-refractivity contribution in [1.29, 1.82) is 0 Å². The standard InChI is InChI=1S/C8H7BrO4/c1-13-8(12)4-2-5(9)7(11)6(10)3-4/h2-3,10-11H,1H3. The number of rotatable bonds is 1. The molecule has 0 saturated heterocycles. The van der Waals surface area contributed by atoms with Crippen LogP contribution in [0.5, 0.6) is 11.5 Å². The molecule has 1 aromatic rings. The topological polar surface area (TPSA) is 66.8 Å². The molecular weight excluding hydrogens is 240 g/mol. The maximum Gasteiger partial charge on any atom is 0.338 e. The number of carbonyl (C=O) groups excluding carboxylic acids is 1. The van der Waals surface area contributed by atoms with Crippen LogP contribution in [0.4, 0.5) is 0 Å². The van der Waals surface area contributed by atoms with E-state index in [1.165, 1.54) is 13.2 Å². The SMILES string of the molecule is COC(=O)c1cc(O)c(O)c(Br)c1. The number of phenolic OH excluding ortho intramolecular Hbond substituents is 2. The van der Waals surface area contributed by atoms with Gasteiger partial charge in [-0.3, -0.25) is 0 Å². The number of esters is 1. The molecule has 1 rings (SSSR count). The fourth-order valence-corrected chi connectivity index (χ4v) is 1.27. The number of hydrogen-bond donors (Lipinski definition) is 2. The number of benzene rings is 1. The molecule has 0 radical (unpaired) electrons. The smallest absolute Gasteiger partial charge is 0.338 e. The molecule has 0 heterocycles. The lowest BCUT2D eigenvalue weighted by Gasteiger charge is -2.03. The van der Waals surface area contributed by atoms with Crippen LogP contribution in [-0.2, 0) is 4.74 Å². The van der Waals surface area contributed by atoms with E-state index in [-0.39, 0.29) is 21.5 Å². The summed E-state index contributed by atoms with van der Waals surface area (Å²) in [5, 5.41) is 18.3. The predicted octanol–water partition coefficient (Wildman–Crippen LogP) is 1.65. The van der Waals surface area contributed by atoms with Crippen molar-refractivity contribution >= 4 is 21.9 Å². The molecule has 4 nitrogen and oxygen atoms in total. The summed E-state index contributed by atoms with van der Waals surface area (Å²) in [6.07, 6.45) is 0. The minimum absolute atomic E-state index is 0.171. The molecule has 0 aromatic heterocycles. The molecule has 0 aliphatic heterocycles. The van der Waals surface area contributed by atoms with Crippen LogP contribution in [0.1, 0.15) is 10.4 Å². The Labute approximate surface area is 82.9 Å². The largest absolute Gasteiger partial charge is 0.504 e. The molecule has 0 fully saturated rings. The lowest BCUT2D eigenvalue weighted by atomic mass is 10.2. The van der Waals surface area contributed by atoms with Gasteiger partial charge in [0.05, 0.1) is 17.1 Å². The lowest BCUT2D eigenvalue weighted by Crippen LogP contribution is -2.00. The molecule has 0 unspecified atom stereocenters. The number of phenols is 2. The highest BCUT2D eigenvalue weighted by Gasteiger charge is 2.12. The quantitative estimate of drug-likeness (QED) is 0.584. The van der Waals surface area contributed by atoms with Crippen LogP contribution in [-0.4, -0.2) is 23.3 Å². The van der Waals surface area contributed by atoms with Gasteiger partial charge in [-0.1, -0.05) is 0 Å². The van der Waals surface area contributed by atoms with Crippen LogP contribution in [0.15, 0.2) is 16.6 Å². The van der Waals surface area contributed by atoms with E-state index in [1.807, 2.05) is 0 Å². The van der Waals surface area contributed by atoms with Crippen molar-refractivity contribution in [2.75, 3.05) is 7.11 Å². The Bertz CT molecular complexity index is 325. The first kappa shape index (κ1) is 9.85. The minimum atomic E-state index is -0.573. The summed E-state index contributed by atoms with van der Waals surface area (Å²) in [5.74, 6) is -1.24. The first-order valence-corrected chi connectivity index (χ1v) is 4.15. The Morgan fingerprint density at radius 2 is 2.08 bits per heavy atom. The van der Waals surface area contributed by atoms with Gasteiger partial charge in [-0.15, -0.1) is 0 Å². The number of methoxy groups -OCH3 is 1. The van der Waals surface area contributed by atoms with Gasteiger partial charge in [0.1, 0.15) is 0 Å². The summed E-state index contributed by atoms with van der Waals surface area (Å²) in [6.45, 7) is 0. The molecule has 0 aliphatic rings. The van der Waals surface area contributed by atoms with Crippen LogP contribution in [0, 0.1) is 0 Å². The Kier molecular flexibility index (Phi) is 2.77. The van der Waals surface area contributed by atoms with E-state index in [0.717, 1.165) is 6.07 Å². The van der Waals surface area contributed by atoms with Crippen LogP contribution in [0.3, 0.4) is 0 Å². The van der Waals surface area contributed by atoms with Crippen molar-refractivity contribution < 1.29 is 19.7 Å². The van der Waals surface area contributed by atoms with Crippen molar-refractivity contribution in [1.82, 2.24) is 0 Å². The molecule has 0 spiro atoms. The number of ether oxygens (including phenoxy) is 1. The number of hydrogen-bond acceptors (Lipinski definition) is 4. The molecule has 0 amide bonds. The van der Waals surface area contributed by atoms with Gasteiger partial charge in [-0.2, -0.15) is 0 Å². The van der Waals surface area contributed by atoms with E-state index in [0.29, 0.717) is 0 Å². The third-order valence-electron chi connectivity index (χ3n) is 1.46. The maximum absolute atomic E-state index is 11.0. The third-order valence-corrected chi connectivity index (χ3v) is 2.07. The summed E-state index contributed by atoms with van der Waals surface area (Å²) in [5.41, 5.74) is 0.171. The second-order valence-electron chi connectivity index (χ2n) is 2.32. The van der Waals surface area contributed by atoms with E-state index in [2.05, 4.69) is 20.7 Å². The van der Waals surface area contributed by atoms with Gasteiger partial charge in [0.25, 0.3) is 0 Å². The molecule has 1 aromatic carbocycles. The predicted molar refractivity (Wildman–Crippen MR) is 48.8 cm³/mol. The highest BCUT2D eigenvalue weighted by molar-refractivity contribution is 9.10. The molecule has 0 aliphatic carbocycles. The fraction of sp³-hybridized carbons (Fsp3) is 0.125. The van der Waals surface area contributed by atoms with Crippen molar-refractivity contribution in [3.63, 3.8) is 0 Å². The van der Waals surface area contributed by atoms with E-state index in [4.69, 9.17) is 10.2 Å². The average molecular weight is 247 g/mol. The zero-order chi connectivity index (χ0) is 10.0. The normalized spacial score (nSPS) is 9.69. The highest BCUT2D eigenvalue weighted by Crippen LogP contribution is 2.34. The molecule has 0 bridgehead atoms. The first-order valence-electron chi connectivity index (χ1n) is 3.36. The summed E-state index contributed by atoms with van der Waals surface area (Å²) < 4.78 is 4.68. The Morgan fingerprint density at radius 3 is 2.54 bits per heavy atom. The highest BCUT2D eigenvalue weighted by atomic mass is 79.9. The molecule has 2 N–H and O–H groups in total. The molecule has 70 valence electrons. The molecule has 0 saturated carbocycles. The van der Waals surface area contributed by atoms with Crippen LogP contribution in [0.2, 0.25) is 0 Å². The Hall–Kier alpha value is -1.23. The van der Waals surface area contributed by atoms with E-state index in [9.17, 15) is 4.79 Å². The Balaban J connectivity index is 3.20. The van der Waals surface area contributed by atoms with E-state index >= 15 is 0 Å². The van der Waals surface area contributed by atoms with Crippen LogP contribution < -0.4 is 0 Å². The summed E-state index contributed by atoms with van der Waals surface area (Å²) >= 11 is 2.98. The molecule has 0 atom stereocenters. The van der Waals surface area contributed by atoms with E-state index < -0.39 is 5.97 Å². The Morgan fingerprint density at radius 1 is 1.46 bits per heavy atom. The van der Waals surface area contributed by atoms with E-state index in [1.54, 1.807) is 0 Å². The van der Waals surface area contributed by atoms with Crippen molar-refractivity contribution in [3.05, 3.63) is 22.2 Å². The van der Waals surface area contributed by atoms with Crippen molar-refractivity contribution in [2.24, 2.45) is 0 Å². The van der Waals surface area contributed by atoms with Gasteiger partial charge < -0.3 is 14.9 Å². The fourth-order valence-electron chi connectivity index (χ4n) is 0.820. The van der Waals surface area contributed by atoms with Gasteiger partial charge in [0.15, 0.2) is 11.5 Å². The molecular formula is C8H7BrO4. The second-order valence-corrected chi connectivity index (χ2v) is 3.17. The van der Waals surface area contributed by atoms with Gasteiger partial charge in [-0.05, 0) is 28.1 Å². The van der Waals surface area contributed by atoms with Crippen LogP contribution in [0.25, 0.3) is 0 Å². The lowest BCUT2D eigenvalue weighted by molar-refractivity contribution is 0.0600. The first-order chi connectivity index (χ1) is 6.06. The zero-order valence-corrected chi connectivity index (χ0v) is 8.33. The average Bonchev–Trinajstić information content (AvgIpc) is 2.12. The molecule has 13 heavy (non-hydrogen) atoms. The van der Waals surface area contributed by atoms with Crippen molar-refractivity contribution in [2.45, 2.75) is 0 Å². The van der Waals surface area contributed by atoms with Crippen LogP contribution >= 0.6 is 15.9 Å². The van der Waals surface area contributed by atoms with Crippen molar-refractivity contribution in [3.8, 4) is 11.5 Å². The zero-order valence-electron chi connectivity index (χ0n) is 6.74. The minimum Gasteiger partial charge on any atom is -0.504 e.